The topological polar surface area (TPSA) is 30.7 Å². The number of nitrogens with zero attached hydrogens (tertiary/aromatic N) is 3. The van der Waals surface area contributed by atoms with Crippen LogP contribution in [0.5, 0.6) is 0 Å². The van der Waals surface area contributed by atoms with Crippen LogP contribution in [-0.4, -0.2) is 14.8 Å². The van der Waals surface area contributed by atoms with Crippen LogP contribution in [0.3, 0.4) is 0 Å². The molecule has 17 heavy (non-hydrogen) atoms. The molecule has 1 aliphatic rings. The summed E-state index contributed by atoms with van der Waals surface area (Å²) in [6.45, 7) is 1.96. The molecule has 1 aromatic carbocycles. The minimum Gasteiger partial charge on any atom is -0.299 e. The summed E-state index contributed by atoms with van der Waals surface area (Å²) in [6.07, 6.45) is 3.24. The van der Waals surface area contributed by atoms with Crippen molar-refractivity contribution in [2.75, 3.05) is 0 Å². The Morgan fingerprint density at radius 1 is 1.24 bits per heavy atom. The van der Waals surface area contributed by atoms with E-state index in [1.807, 2.05) is 6.92 Å². The lowest BCUT2D eigenvalue weighted by Crippen LogP contribution is -2.19. The second kappa shape index (κ2) is 4.15. The summed E-state index contributed by atoms with van der Waals surface area (Å²) in [5, 5.41) is 8.46. The average Bonchev–Trinajstić information content (AvgIpc) is 2.68. The molecule has 1 heterocycles. The second-order valence-corrected chi connectivity index (χ2v) is 4.89. The molecule has 3 rings (SSSR count). The van der Waals surface area contributed by atoms with E-state index in [0.717, 1.165) is 25.1 Å². The first-order valence-corrected chi connectivity index (χ1v) is 6.27. The monoisotopic (exact) mass is 247 g/mol. The summed E-state index contributed by atoms with van der Waals surface area (Å²) < 4.78 is 2.05. The van der Waals surface area contributed by atoms with Crippen molar-refractivity contribution in [3.8, 4) is 0 Å². The Labute approximate surface area is 105 Å². The van der Waals surface area contributed by atoms with Crippen molar-refractivity contribution >= 4 is 11.6 Å². The minimum absolute atomic E-state index is 0.396. The van der Waals surface area contributed by atoms with Crippen LogP contribution in [0.2, 0.25) is 5.28 Å². The lowest BCUT2D eigenvalue weighted by Gasteiger charge is -2.26. The summed E-state index contributed by atoms with van der Waals surface area (Å²) >= 11 is 6.09. The fourth-order valence-electron chi connectivity index (χ4n) is 2.66. The minimum atomic E-state index is 0.396. The molecule has 0 aliphatic heterocycles. The van der Waals surface area contributed by atoms with Gasteiger partial charge in [0.05, 0.1) is 0 Å². The Hall–Kier alpha value is -1.35. The van der Waals surface area contributed by atoms with Gasteiger partial charge in [-0.1, -0.05) is 24.3 Å². The highest BCUT2D eigenvalue weighted by Crippen LogP contribution is 2.31. The van der Waals surface area contributed by atoms with Crippen molar-refractivity contribution < 1.29 is 0 Å². The van der Waals surface area contributed by atoms with Crippen molar-refractivity contribution in [2.24, 2.45) is 0 Å². The van der Waals surface area contributed by atoms with E-state index in [0.29, 0.717) is 11.3 Å². The smallest absolute Gasteiger partial charge is 0.225 e. The number of aromatic nitrogens is 3. The molecule has 0 saturated heterocycles. The van der Waals surface area contributed by atoms with Gasteiger partial charge in [0.1, 0.15) is 5.82 Å². The van der Waals surface area contributed by atoms with Gasteiger partial charge in [-0.3, -0.25) is 4.57 Å². The van der Waals surface area contributed by atoms with Gasteiger partial charge in [0.25, 0.3) is 0 Å². The van der Waals surface area contributed by atoms with Crippen molar-refractivity contribution in [3.05, 3.63) is 46.5 Å². The average molecular weight is 248 g/mol. The van der Waals surface area contributed by atoms with Gasteiger partial charge in [-0.25, -0.2) is 0 Å². The molecule has 0 fully saturated rings. The van der Waals surface area contributed by atoms with Gasteiger partial charge in [0.15, 0.2) is 0 Å². The van der Waals surface area contributed by atoms with E-state index in [9.17, 15) is 0 Å². The van der Waals surface area contributed by atoms with E-state index in [-0.39, 0.29) is 0 Å². The Morgan fingerprint density at radius 3 is 2.71 bits per heavy atom. The van der Waals surface area contributed by atoms with E-state index in [4.69, 9.17) is 11.6 Å². The molecule has 1 aliphatic carbocycles. The van der Waals surface area contributed by atoms with Crippen LogP contribution in [0.1, 0.15) is 29.4 Å². The summed E-state index contributed by atoms with van der Waals surface area (Å²) in [4.78, 5) is 0. The quantitative estimate of drug-likeness (QED) is 0.776. The van der Waals surface area contributed by atoms with Gasteiger partial charge in [0, 0.05) is 6.04 Å². The highest BCUT2D eigenvalue weighted by molar-refractivity contribution is 6.28. The number of rotatable bonds is 1. The Morgan fingerprint density at radius 2 is 2.00 bits per heavy atom. The van der Waals surface area contributed by atoms with Crippen molar-refractivity contribution in [1.82, 2.24) is 14.8 Å². The summed E-state index contributed by atoms with van der Waals surface area (Å²) in [5.74, 6) is 0.902. The molecule has 2 aromatic rings. The molecule has 0 radical (unpaired) electrons. The predicted molar refractivity (Wildman–Crippen MR) is 67.3 cm³/mol. The zero-order chi connectivity index (χ0) is 11.8. The maximum atomic E-state index is 6.09. The molecule has 0 saturated carbocycles. The van der Waals surface area contributed by atoms with E-state index in [1.165, 1.54) is 11.1 Å². The lowest BCUT2D eigenvalue weighted by molar-refractivity contribution is 0.434. The summed E-state index contributed by atoms with van der Waals surface area (Å²) in [5.41, 5.74) is 2.89. The van der Waals surface area contributed by atoms with Crippen molar-refractivity contribution in [2.45, 2.75) is 32.2 Å². The van der Waals surface area contributed by atoms with E-state index in [2.05, 4.69) is 39.0 Å². The van der Waals surface area contributed by atoms with Crippen molar-refractivity contribution in [1.29, 1.82) is 0 Å². The summed E-state index contributed by atoms with van der Waals surface area (Å²) in [7, 11) is 0. The molecule has 1 unspecified atom stereocenters. The first-order chi connectivity index (χ1) is 8.25. The number of aryl methyl sites for hydroxylation is 2. The molecule has 3 nitrogen and oxygen atoms in total. The number of halogens is 1. The first-order valence-electron chi connectivity index (χ1n) is 5.89. The van der Waals surface area contributed by atoms with Crippen LogP contribution in [0.4, 0.5) is 0 Å². The highest BCUT2D eigenvalue weighted by atomic mass is 35.5. The molecule has 1 aromatic heterocycles. The lowest BCUT2D eigenvalue weighted by atomic mass is 9.88. The van der Waals surface area contributed by atoms with Crippen LogP contribution in [0.25, 0.3) is 0 Å². The fraction of sp³-hybridized carbons (Fsp3) is 0.385. The van der Waals surface area contributed by atoms with Gasteiger partial charge in [-0.2, -0.15) is 0 Å². The third-order valence-electron chi connectivity index (χ3n) is 3.51. The molecule has 0 spiro atoms. The van der Waals surface area contributed by atoms with Gasteiger partial charge >= 0.3 is 0 Å². The maximum absolute atomic E-state index is 6.09. The first kappa shape index (κ1) is 10.8. The molecular formula is C13H14ClN3. The van der Waals surface area contributed by atoms with Crippen LogP contribution in [0.15, 0.2) is 24.3 Å². The summed E-state index contributed by atoms with van der Waals surface area (Å²) in [6, 6.07) is 9.02. The molecule has 1 atom stereocenters. The predicted octanol–water partition coefficient (Wildman–Crippen LogP) is 2.97. The van der Waals surface area contributed by atoms with Gasteiger partial charge in [0.2, 0.25) is 5.28 Å². The number of hydrogen-bond donors (Lipinski definition) is 0. The maximum Gasteiger partial charge on any atom is 0.225 e. The van der Waals surface area contributed by atoms with Crippen molar-refractivity contribution in [3.63, 3.8) is 0 Å². The Bertz CT molecular complexity index is 528. The third-order valence-corrected chi connectivity index (χ3v) is 3.77. The van der Waals surface area contributed by atoms with E-state index in [1.54, 1.807) is 0 Å². The van der Waals surface area contributed by atoms with Crippen LogP contribution < -0.4 is 0 Å². The van der Waals surface area contributed by atoms with Crippen LogP contribution in [-0.2, 0) is 12.8 Å². The molecule has 0 N–H and O–H groups in total. The number of hydrogen-bond acceptors (Lipinski definition) is 2. The highest BCUT2D eigenvalue weighted by Gasteiger charge is 2.23. The number of benzene rings is 1. The second-order valence-electron chi connectivity index (χ2n) is 4.55. The fourth-order valence-corrected chi connectivity index (χ4v) is 2.96. The van der Waals surface area contributed by atoms with Gasteiger partial charge in [-0.15, -0.1) is 10.2 Å². The van der Waals surface area contributed by atoms with E-state index >= 15 is 0 Å². The molecule has 88 valence electrons. The molecular weight excluding hydrogens is 234 g/mol. The largest absolute Gasteiger partial charge is 0.299 e. The Kier molecular flexibility index (Phi) is 2.63. The van der Waals surface area contributed by atoms with Gasteiger partial charge < -0.3 is 0 Å². The normalized spacial score (nSPS) is 19.1. The number of fused-ring (bicyclic) bond motifs is 1. The van der Waals surface area contributed by atoms with Gasteiger partial charge in [-0.05, 0) is 48.9 Å². The third kappa shape index (κ3) is 1.84. The zero-order valence-electron chi connectivity index (χ0n) is 9.73. The van der Waals surface area contributed by atoms with Crippen LogP contribution >= 0.6 is 11.6 Å². The zero-order valence-corrected chi connectivity index (χ0v) is 10.5. The molecule has 4 heteroatoms. The standard InChI is InChI=1S/C13H14ClN3/c1-9-15-16-13(14)17(9)12-7-6-10-4-2-3-5-11(10)8-12/h2-5,12H,6-8H2,1H3. The molecule has 0 bridgehead atoms. The van der Waals surface area contributed by atoms with Crippen LogP contribution in [0, 0.1) is 6.92 Å². The van der Waals surface area contributed by atoms with E-state index < -0.39 is 0 Å². The Balaban J connectivity index is 1.95. The molecule has 0 amide bonds. The SMILES string of the molecule is Cc1nnc(Cl)n1C1CCc2ccccc2C1.